The first-order valence-electron chi connectivity index (χ1n) is 15.6. The van der Waals surface area contributed by atoms with Crippen LogP contribution < -0.4 is 16.2 Å². The summed E-state index contributed by atoms with van der Waals surface area (Å²) in [5, 5.41) is 6.29. The van der Waals surface area contributed by atoms with Gasteiger partial charge in [0.05, 0.1) is 16.1 Å². The van der Waals surface area contributed by atoms with Crippen LogP contribution in [0.2, 0.25) is 10.0 Å². The largest absolute Gasteiger partial charge is 0.313 e. The Bertz CT molecular complexity index is 1520. The minimum atomic E-state index is -1.08. The van der Waals surface area contributed by atoms with Gasteiger partial charge in [-0.25, -0.2) is 10.9 Å². The molecule has 3 N–H and O–H groups in total. The van der Waals surface area contributed by atoms with E-state index >= 15 is 0 Å². The van der Waals surface area contributed by atoms with E-state index in [0.29, 0.717) is 61.2 Å². The van der Waals surface area contributed by atoms with E-state index in [4.69, 9.17) is 23.2 Å². The van der Waals surface area contributed by atoms with Gasteiger partial charge in [0.2, 0.25) is 0 Å². The zero-order valence-electron chi connectivity index (χ0n) is 27.2. The summed E-state index contributed by atoms with van der Waals surface area (Å²) in [5.74, 6) is 0.0654. The molecule has 0 radical (unpaired) electrons. The Morgan fingerprint density at radius 2 is 1.63 bits per heavy atom. The summed E-state index contributed by atoms with van der Waals surface area (Å²) in [6.45, 7) is 8.70. The van der Waals surface area contributed by atoms with Crippen molar-refractivity contribution in [2.45, 2.75) is 57.4 Å². The summed E-state index contributed by atoms with van der Waals surface area (Å²) in [4.78, 5) is 33.3. The van der Waals surface area contributed by atoms with E-state index in [2.05, 4.69) is 44.2 Å². The Morgan fingerprint density at radius 3 is 2.24 bits per heavy atom. The molecule has 2 aliphatic heterocycles. The zero-order valence-corrected chi connectivity index (χ0v) is 30.4. The van der Waals surface area contributed by atoms with Crippen molar-refractivity contribution in [3.05, 3.63) is 105 Å². The molecule has 0 saturated carbocycles. The van der Waals surface area contributed by atoms with Crippen molar-refractivity contribution in [3.8, 4) is 0 Å². The van der Waals surface area contributed by atoms with Crippen LogP contribution in [0.1, 0.15) is 52.4 Å². The molecule has 46 heavy (non-hydrogen) atoms. The molecule has 8 nitrogen and oxygen atoms in total. The third-order valence-corrected chi connectivity index (χ3v) is 10.2. The highest BCUT2D eigenvalue weighted by atomic mass is 79.9. The highest BCUT2D eigenvalue weighted by Crippen LogP contribution is 2.48. The Hall–Kier alpha value is -2.18. The van der Waals surface area contributed by atoms with Gasteiger partial charge in [-0.15, -0.1) is 17.0 Å². The van der Waals surface area contributed by atoms with E-state index in [-0.39, 0.29) is 28.5 Å². The number of piperidine rings is 1. The van der Waals surface area contributed by atoms with Crippen LogP contribution in [-0.2, 0) is 16.9 Å². The highest BCUT2D eigenvalue weighted by Gasteiger charge is 2.59. The van der Waals surface area contributed by atoms with Gasteiger partial charge in [0, 0.05) is 58.8 Å². The second kappa shape index (κ2) is 15.4. The normalized spacial score (nSPS) is 24.0. The molecule has 11 heteroatoms. The standard InChI is InChI=1S/C35H44Cl2N6O2.BrH/c1-24-17-25(2)19-28(18-24)33(45)32-21-40-14-16-42(32)34(43(38-4)39-5)13-15-41(22-27-9-7-6-8-10-27)35(23-34,26(3)44)29-11-12-30(36)31(37)20-29;/h6-12,17-20,32,38-40H,13-16,21-23H2,1-5H3;1H. The number of piperazine rings is 1. The number of nitrogens with one attached hydrogen (secondary N) is 3. The SMILES string of the molecule is Br.CNN(NC)C1(N2CCNCC2C(=O)c2cc(C)cc(C)c2)CCN(Cc2ccccc2)C(C(C)=O)(c2ccc(Cl)c(Cl)c2)C1. The van der Waals surface area contributed by atoms with E-state index in [0.717, 1.165) is 22.3 Å². The Kier molecular flexibility index (Phi) is 12.2. The molecule has 3 aromatic carbocycles. The maximum absolute atomic E-state index is 14.4. The van der Waals surface area contributed by atoms with Crippen LogP contribution in [-0.4, -0.2) is 78.5 Å². The molecule has 3 aromatic rings. The van der Waals surface area contributed by atoms with Crippen LogP contribution in [0.15, 0.2) is 66.7 Å². The first kappa shape index (κ1) is 36.7. The minimum absolute atomic E-state index is 0. The summed E-state index contributed by atoms with van der Waals surface area (Å²) in [6, 6.07) is 21.3. The molecule has 0 bridgehead atoms. The molecule has 2 fully saturated rings. The van der Waals surface area contributed by atoms with Gasteiger partial charge in [0.15, 0.2) is 11.6 Å². The lowest BCUT2D eigenvalue weighted by molar-refractivity contribution is -0.190. The smallest absolute Gasteiger partial charge is 0.181 e. The average Bonchev–Trinajstić information content (AvgIpc) is 3.03. The quantitative estimate of drug-likeness (QED) is 0.181. The number of rotatable bonds is 10. The fourth-order valence-corrected chi connectivity index (χ4v) is 7.86. The van der Waals surface area contributed by atoms with E-state index in [9.17, 15) is 9.59 Å². The molecule has 0 spiro atoms. The van der Waals surface area contributed by atoms with Crippen molar-refractivity contribution >= 4 is 51.7 Å². The number of likely N-dealkylation sites (tertiary alicyclic amines) is 1. The Labute approximate surface area is 293 Å². The number of hydrazine groups is 2. The molecule has 248 valence electrons. The molecule has 3 unspecified atom stereocenters. The van der Waals surface area contributed by atoms with Crippen molar-refractivity contribution < 1.29 is 9.59 Å². The fourth-order valence-electron chi connectivity index (χ4n) is 7.56. The lowest BCUT2D eigenvalue weighted by Crippen LogP contribution is -2.78. The van der Waals surface area contributed by atoms with Gasteiger partial charge in [0.1, 0.15) is 11.2 Å². The number of hydrogen-bond acceptors (Lipinski definition) is 8. The molecular formula is C35H45BrCl2N6O2. The molecule has 2 aliphatic rings. The number of Topliss-reactive ketones (excluding diaryl/α,β-unsaturated/α-hetero) is 2. The van der Waals surface area contributed by atoms with Crippen LogP contribution in [0.4, 0.5) is 0 Å². The Morgan fingerprint density at radius 1 is 0.957 bits per heavy atom. The van der Waals surface area contributed by atoms with E-state index in [1.54, 1.807) is 13.0 Å². The molecule has 2 heterocycles. The van der Waals surface area contributed by atoms with Gasteiger partial charge in [-0.2, -0.15) is 5.12 Å². The van der Waals surface area contributed by atoms with E-state index in [1.165, 1.54) is 0 Å². The minimum Gasteiger partial charge on any atom is -0.313 e. The number of carbonyl (C=O) groups excluding carboxylic acids is 2. The second-order valence-corrected chi connectivity index (χ2v) is 13.1. The van der Waals surface area contributed by atoms with Crippen molar-refractivity contribution in [2.24, 2.45) is 0 Å². The van der Waals surface area contributed by atoms with Crippen molar-refractivity contribution in [1.29, 1.82) is 0 Å². The lowest BCUT2D eigenvalue weighted by atomic mass is 9.71. The molecule has 2 saturated heterocycles. The monoisotopic (exact) mass is 730 g/mol. The maximum atomic E-state index is 14.4. The van der Waals surface area contributed by atoms with Gasteiger partial charge in [-0.1, -0.05) is 76.8 Å². The van der Waals surface area contributed by atoms with Gasteiger partial charge in [-0.3, -0.25) is 19.4 Å². The van der Waals surface area contributed by atoms with Crippen LogP contribution in [0.5, 0.6) is 0 Å². The van der Waals surface area contributed by atoms with E-state index < -0.39 is 17.2 Å². The van der Waals surface area contributed by atoms with Crippen molar-refractivity contribution in [2.75, 3.05) is 40.3 Å². The van der Waals surface area contributed by atoms with Crippen LogP contribution in [0.25, 0.3) is 0 Å². The summed E-state index contributed by atoms with van der Waals surface area (Å²) in [5.41, 5.74) is 9.57. The molecule has 3 atom stereocenters. The third kappa shape index (κ3) is 6.99. The van der Waals surface area contributed by atoms with Gasteiger partial charge >= 0.3 is 0 Å². The van der Waals surface area contributed by atoms with Crippen LogP contribution in [0, 0.1) is 13.8 Å². The van der Waals surface area contributed by atoms with Gasteiger partial charge < -0.3 is 5.32 Å². The molecule has 0 amide bonds. The molecular weight excluding hydrogens is 687 g/mol. The number of ketones is 2. The van der Waals surface area contributed by atoms with Crippen molar-refractivity contribution in [1.82, 2.24) is 31.1 Å². The third-order valence-electron chi connectivity index (χ3n) is 9.51. The number of nitrogens with zero attached hydrogens (tertiary/aromatic N) is 3. The molecule has 5 rings (SSSR count). The van der Waals surface area contributed by atoms with Crippen molar-refractivity contribution in [3.63, 3.8) is 0 Å². The second-order valence-electron chi connectivity index (χ2n) is 12.3. The van der Waals surface area contributed by atoms with Crippen LogP contribution in [0.3, 0.4) is 0 Å². The predicted octanol–water partition coefficient (Wildman–Crippen LogP) is 5.69. The average molecular weight is 733 g/mol. The summed E-state index contributed by atoms with van der Waals surface area (Å²) in [6.07, 6.45) is 1.03. The van der Waals surface area contributed by atoms with Gasteiger partial charge in [-0.05, 0) is 62.6 Å². The lowest BCUT2D eigenvalue weighted by Gasteiger charge is -2.61. The number of carbonyl (C=O) groups is 2. The summed E-state index contributed by atoms with van der Waals surface area (Å²) >= 11 is 13.0. The number of aryl methyl sites for hydroxylation is 2. The number of benzene rings is 3. The first-order valence-corrected chi connectivity index (χ1v) is 16.3. The van der Waals surface area contributed by atoms with E-state index in [1.807, 2.05) is 75.5 Å². The molecule has 0 aliphatic carbocycles. The Balaban J connectivity index is 0.00000480. The molecule has 0 aromatic heterocycles. The number of hydrogen-bond donors (Lipinski definition) is 3. The summed E-state index contributed by atoms with van der Waals surface area (Å²) < 4.78 is 0. The first-order chi connectivity index (χ1) is 21.5. The maximum Gasteiger partial charge on any atom is 0.181 e. The summed E-state index contributed by atoms with van der Waals surface area (Å²) in [7, 11) is 3.73. The fraction of sp³-hybridized carbons (Fsp3) is 0.429. The highest BCUT2D eigenvalue weighted by molar-refractivity contribution is 8.93. The zero-order chi connectivity index (χ0) is 32.4. The topological polar surface area (TPSA) is 80.0 Å². The predicted molar refractivity (Wildman–Crippen MR) is 192 cm³/mol. The number of halogens is 3. The van der Waals surface area contributed by atoms with Gasteiger partial charge in [0.25, 0.3) is 0 Å². The van der Waals surface area contributed by atoms with Crippen LogP contribution >= 0.6 is 40.2 Å².